The van der Waals surface area contributed by atoms with Crippen LogP contribution in [-0.2, 0) is 11.3 Å². The van der Waals surface area contributed by atoms with Crippen molar-refractivity contribution in [1.29, 1.82) is 0 Å². The van der Waals surface area contributed by atoms with Gasteiger partial charge in [0.25, 0.3) is 17.5 Å². The van der Waals surface area contributed by atoms with E-state index in [0.29, 0.717) is 5.76 Å². The van der Waals surface area contributed by atoms with Crippen LogP contribution in [0.15, 0.2) is 52.8 Å². The highest BCUT2D eigenvalue weighted by atomic mass is 16.6. The van der Waals surface area contributed by atoms with E-state index in [2.05, 4.69) is 0 Å². The first-order valence-electron chi connectivity index (χ1n) is 9.62. The van der Waals surface area contributed by atoms with Crippen molar-refractivity contribution in [2.24, 2.45) is 0 Å². The molecule has 0 atom stereocenters. The molecule has 2 aromatic rings. The minimum Gasteiger partial charge on any atom is -0.467 e. The van der Waals surface area contributed by atoms with Gasteiger partial charge in [-0.25, -0.2) is 0 Å². The average Bonchev–Trinajstić information content (AvgIpc) is 3.35. The molecule has 9 heteroatoms. The Kier molecular flexibility index (Phi) is 5.18. The van der Waals surface area contributed by atoms with E-state index in [1.165, 1.54) is 18.4 Å². The fraction of sp³-hybridized carbons (Fsp3) is 0.286. The lowest BCUT2D eigenvalue weighted by molar-refractivity contribution is -0.384. The maximum Gasteiger partial charge on any atom is 0.270 e. The van der Waals surface area contributed by atoms with Crippen molar-refractivity contribution in [2.45, 2.75) is 32.2 Å². The number of nitro groups is 1. The van der Waals surface area contributed by atoms with Gasteiger partial charge in [0.1, 0.15) is 12.3 Å². The molecule has 0 radical (unpaired) electrons. The Morgan fingerprint density at radius 3 is 2.63 bits per heavy atom. The first-order valence-corrected chi connectivity index (χ1v) is 9.62. The fourth-order valence-electron chi connectivity index (χ4n) is 3.73. The van der Waals surface area contributed by atoms with Gasteiger partial charge in [-0.15, -0.1) is 0 Å². The number of non-ortho nitro benzene ring substituents is 1. The highest BCUT2D eigenvalue weighted by molar-refractivity contribution is 6.22. The number of nitro benzene ring substituents is 1. The van der Waals surface area contributed by atoms with Crippen LogP contribution < -0.4 is 0 Å². The van der Waals surface area contributed by atoms with Crippen LogP contribution in [0, 0.1) is 10.1 Å². The lowest BCUT2D eigenvalue weighted by atomic mass is 10.0. The minimum absolute atomic E-state index is 0.0588. The second-order valence-corrected chi connectivity index (χ2v) is 7.18. The molecule has 30 heavy (non-hydrogen) atoms. The maximum absolute atomic E-state index is 13.1. The molecule has 1 aromatic heterocycles. The summed E-state index contributed by atoms with van der Waals surface area (Å²) in [5, 5.41) is 11.0. The molecule has 4 rings (SSSR count). The molecule has 1 aliphatic heterocycles. The second kappa shape index (κ2) is 7.94. The Bertz CT molecular complexity index is 1060. The molecule has 0 unspecified atom stereocenters. The normalized spacial score (nSPS) is 15.7. The van der Waals surface area contributed by atoms with Crippen LogP contribution in [0.5, 0.6) is 0 Å². The smallest absolute Gasteiger partial charge is 0.270 e. The number of fused-ring (bicyclic) bond motifs is 1. The predicted octanol–water partition coefficient (Wildman–Crippen LogP) is 3.27. The average molecular weight is 409 g/mol. The highest BCUT2D eigenvalue weighted by Crippen LogP contribution is 2.28. The van der Waals surface area contributed by atoms with Crippen LogP contribution in [0.2, 0.25) is 0 Å². The van der Waals surface area contributed by atoms with Crippen molar-refractivity contribution < 1.29 is 23.7 Å². The summed E-state index contributed by atoms with van der Waals surface area (Å²) in [7, 11) is 0. The number of rotatable bonds is 6. The minimum atomic E-state index is -0.706. The monoisotopic (exact) mass is 409 g/mol. The predicted molar refractivity (Wildman–Crippen MR) is 104 cm³/mol. The van der Waals surface area contributed by atoms with Gasteiger partial charge in [-0.05, 0) is 43.9 Å². The van der Waals surface area contributed by atoms with Crippen LogP contribution in [0.3, 0.4) is 0 Å². The summed E-state index contributed by atoms with van der Waals surface area (Å²) >= 11 is 0. The lowest BCUT2D eigenvalue weighted by Gasteiger charge is -2.28. The molecule has 0 bridgehead atoms. The third kappa shape index (κ3) is 3.61. The van der Waals surface area contributed by atoms with Crippen molar-refractivity contribution >= 4 is 23.4 Å². The maximum atomic E-state index is 13.1. The quantitative estimate of drug-likeness (QED) is 0.411. The number of nitrogens with zero attached hydrogens (tertiary/aromatic N) is 3. The Hall–Kier alpha value is -3.75. The number of furan rings is 1. The van der Waals surface area contributed by atoms with Crippen LogP contribution >= 0.6 is 0 Å². The first kappa shape index (κ1) is 19.6. The largest absolute Gasteiger partial charge is 0.467 e. The third-order valence-corrected chi connectivity index (χ3v) is 5.27. The molecule has 0 saturated carbocycles. The summed E-state index contributed by atoms with van der Waals surface area (Å²) in [5.74, 6) is -1.16. The second-order valence-electron chi connectivity index (χ2n) is 7.18. The standard InChI is InChI=1S/C21H19N3O6/c25-19(22(12-16-7-4-10-30-16)14-5-2-1-3-6-14)13-23-20(26)17-9-8-15(24(28)29)11-18(17)21(23)27/h4-5,7-11H,1-3,6,12-13H2. The highest BCUT2D eigenvalue weighted by Gasteiger charge is 2.39. The van der Waals surface area contributed by atoms with E-state index in [9.17, 15) is 24.5 Å². The van der Waals surface area contributed by atoms with E-state index in [0.717, 1.165) is 42.3 Å². The van der Waals surface area contributed by atoms with Crippen LogP contribution in [0.1, 0.15) is 52.2 Å². The van der Waals surface area contributed by atoms with E-state index in [1.807, 2.05) is 6.08 Å². The fourth-order valence-corrected chi connectivity index (χ4v) is 3.73. The summed E-state index contributed by atoms with van der Waals surface area (Å²) in [6.45, 7) is -0.246. The molecular weight excluding hydrogens is 390 g/mol. The number of imide groups is 1. The van der Waals surface area contributed by atoms with Gasteiger partial charge in [0, 0.05) is 17.8 Å². The van der Waals surface area contributed by atoms with E-state index in [-0.39, 0.29) is 23.4 Å². The SMILES string of the molecule is O=C(CN1C(=O)c2ccc([N+](=O)[O-])cc2C1=O)N(Cc1ccco1)C1=CCCCC1. The third-order valence-electron chi connectivity index (χ3n) is 5.27. The zero-order valence-corrected chi connectivity index (χ0v) is 16.1. The topological polar surface area (TPSA) is 114 Å². The number of amides is 3. The van der Waals surface area contributed by atoms with Gasteiger partial charge in [0.05, 0.1) is 28.9 Å². The van der Waals surface area contributed by atoms with Crippen LogP contribution in [0.4, 0.5) is 5.69 Å². The summed E-state index contributed by atoms with van der Waals surface area (Å²) in [4.78, 5) is 51.3. The summed E-state index contributed by atoms with van der Waals surface area (Å²) < 4.78 is 5.37. The number of hydrogen-bond donors (Lipinski definition) is 0. The van der Waals surface area contributed by atoms with Gasteiger partial charge < -0.3 is 9.32 Å². The van der Waals surface area contributed by atoms with Gasteiger partial charge in [0.15, 0.2) is 0 Å². The van der Waals surface area contributed by atoms with Crippen LogP contribution in [0.25, 0.3) is 0 Å². The zero-order chi connectivity index (χ0) is 21.3. The molecule has 0 fully saturated rings. The molecule has 2 aliphatic rings. The lowest BCUT2D eigenvalue weighted by Crippen LogP contribution is -2.42. The van der Waals surface area contributed by atoms with Crippen molar-refractivity contribution in [3.8, 4) is 0 Å². The van der Waals surface area contributed by atoms with Gasteiger partial charge in [-0.2, -0.15) is 0 Å². The van der Waals surface area contributed by atoms with Gasteiger partial charge in [-0.1, -0.05) is 6.08 Å². The van der Waals surface area contributed by atoms with Crippen molar-refractivity contribution in [3.63, 3.8) is 0 Å². The molecule has 154 valence electrons. The summed E-state index contributed by atoms with van der Waals surface area (Å²) in [6.07, 6.45) is 7.09. The Morgan fingerprint density at radius 2 is 1.97 bits per heavy atom. The van der Waals surface area contributed by atoms with Crippen molar-refractivity contribution in [3.05, 3.63) is 75.4 Å². The summed E-state index contributed by atoms with van der Waals surface area (Å²) in [6, 6.07) is 6.98. The van der Waals surface area contributed by atoms with E-state index >= 15 is 0 Å². The molecule has 0 saturated heterocycles. The molecule has 9 nitrogen and oxygen atoms in total. The molecule has 1 aromatic carbocycles. The van der Waals surface area contributed by atoms with Gasteiger partial charge in [0.2, 0.25) is 5.91 Å². The Labute approximate surface area is 171 Å². The molecule has 2 heterocycles. The number of benzene rings is 1. The molecule has 3 amide bonds. The number of allylic oxidation sites excluding steroid dienone is 2. The first-order chi connectivity index (χ1) is 14.5. The van der Waals surface area contributed by atoms with Gasteiger partial charge >= 0.3 is 0 Å². The van der Waals surface area contributed by atoms with E-state index in [1.54, 1.807) is 17.0 Å². The van der Waals surface area contributed by atoms with Crippen LogP contribution in [-0.4, -0.2) is 39.0 Å². The Balaban J connectivity index is 1.57. The molecular formula is C21H19N3O6. The number of hydrogen-bond acceptors (Lipinski definition) is 6. The molecule has 1 aliphatic carbocycles. The summed E-state index contributed by atoms with van der Waals surface area (Å²) in [5.41, 5.74) is 0.564. The van der Waals surface area contributed by atoms with Gasteiger partial charge in [-0.3, -0.25) is 29.4 Å². The van der Waals surface area contributed by atoms with E-state index < -0.39 is 29.2 Å². The Morgan fingerprint density at radius 1 is 1.17 bits per heavy atom. The molecule has 0 spiro atoms. The molecule has 0 N–H and O–H groups in total. The van der Waals surface area contributed by atoms with Crippen molar-refractivity contribution in [2.75, 3.05) is 6.54 Å². The number of carbonyl (C=O) groups excluding carboxylic acids is 3. The van der Waals surface area contributed by atoms with E-state index in [4.69, 9.17) is 4.42 Å². The number of carbonyl (C=O) groups is 3. The van der Waals surface area contributed by atoms with Crippen molar-refractivity contribution in [1.82, 2.24) is 9.80 Å². The zero-order valence-electron chi connectivity index (χ0n) is 16.1.